The van der Waals surface area contributed by atoms with E-state index in [0.717, 1.165) is 32.4 Å². The van der Waals surface area contributed by atoms with Gasteiger partial charge in [0.25, 0.3) is 0 Å². The van der Waals surface area contributed by atoms with Crippen molar-refractivity contribution in [1.29, 1.82) is 0 Å². The Labute approximate surface area is 127 Å². The van der Waals surface area contributed by atoms with E-state index >= 15 is 0 Å². The summed E-state index contributed by atoms with van der Waals surface area (Å²) in [6.07, 6.45) is 0.816. The first kappa shape index (κ1) is 13.6. The van der Waals surface area contributed by atoms with Crippen LogP contribution >= 0.6 is 23.4 Å². The second kappa shape index (κ2) is 5.92. The van der Waals surface area contributed by atoms with E-state index in [9.17, 15) is 0 Å². The van der Waals surface area contributed by atoms with Crippen LogP contribution in [-0.2, 0) is 6.42 Å². The number of halogens is 1. The van der Waals surface area contributed by atoms with Crippen LogP contribution in [0.3, 0.4) is 0 Å². The SMILES string of the molecule is NCCc1ccc(Sc2cc3ccccc3[nH]2)cc1Cl. The molecule has 2 nitrogen and oxygen atoms in total. The first-order chi connectivity index (χ1) is 9.76. The molecule has 0 saturated carbocycles. The van der Waals surface area contributed by atoms with Crippen LogP contribution in [-0.4, -0.2) is 11.5 Å². The molecule has 4 heteroatoms. The molecule has 20 heavy (non-hydrogen) atoms. The number of nitrogens with two attached hydrogens (primary N) is 1. The number of H-pyrrole nitrogens is 1. The van der Waals surface area contributed by atoms with Crippen LogP contribution in [0.25, 0.3) is 10.9 Å². The molecule has 0 aliphatic carbocycles. The monoisotopic (exact) mass is 302 g/mol. The molecule has 1 heterocycles. The van der Waals surface area contributed by atoms with Gasteiger partial charge in [0.2, 0.25) is 0 Å². The van der Waals surface area contributed by atoms with Gasteiger partial charge in [-0.25, -0.2) is 0 Å². The molecular weight excluding hydrogens is 288 g/mol. The highest BCUT2D eigenvalue weighted by Gasteiger charge is 2.05. The zero-order chi connectivity index (χ0) is 13.9. The Balaban J connectivity index is 1.85. The summed E-state index contributed by atoms with van der Waals surface area (Å²) in [4.78, 5) is 4.53. The largest absolute Gasteiger partial charge is 0.349 e. The first-order valence-corrected chi connectivity index (χ1v) is 7.70. The zero-order valence-corrected chi connectivity index (χ0v) is 12.5. The lowest BCUT2D eigenvalue weighted by Crippen LogP contribution is -2.02. The number of para-hydroxylation sites is 1. The van der Waals surface area contributed by atoms with Crippen molar-refractivity contribution in [2.75, 3.05) is 6.54 Å². The average Bonchev–Trinajstić information content (AvgIpc) is 2.84. The van der Waals surface area contributed by atoms with Crippen LogP contribution in [0.5, 0.6) is 0 Å². The van der Waals surface area contributed by atoms with Gasteiger partial charge in [-0.3, -0.25) is 0 Å². The van der Waals surface area contributed by atoms with E-state index in [4.69, 9.17) is 17.3 Å². The highest BCUT2D eigenvalue weighted by molar-refractivity contribution is 7.99. The molecule has 0 radical (unpaired) electrons. The summed E-state index contributed by atoms with van der Waals surface area (Å²) in [6.45, 7) is 0.619. The van der Waals surface area contributed by atoms with Gasteiger partial charge < -0.3 is 10.7 Å². The fourth-order valence-electron chi connectivity index (χ4n) is 2.18. The number of fused-ring (bicyclic) bond motifs is 1. The predicted molar refractivity (Wildman–Crippen MR) is 86.6 cm³/mol. The van der Waals surface area contributed by atoms with E-state index < -0.39 is 0 Å². The molecule has 102 valence electrons. The Morgan fingerprint density at radius 1 is 1.10 bits per heavy atom. The van der Waals surface area contributed by atoms with Crippen molar-refractivity contribution in [3.05, 3.63) is 59.1 Å². The van der Waals surface area contributed by atoms with Gasteiger partial charge in [-0.15, -0.1) is 0 Å². The molecule has 3 aromatic rings. The Bertz CT molecular complexity index is 703. The summed E-state index contributed by atoms with van der Waals surface area (Å²) in [5.41, 5.74) is 7.83. The van der Waals surface area contributed by atoms with Gasteiger partial charge in [-0.2, -0.15) is 0 Å². The number of aromatic amines is 1. The summed E-state index contributed by atoms with van der Waals surface area (Å²) in [5.74, 6) is 0. The quantitative estimate of drug-likeness (QED) is 0.746. The van der Waals surface area contributed by atoms with E-state index in [1.807, 2.05) is 18.2 Å². The normalized spacial score (nSPS) is 11.1. The lowest BCUT2D eigenvalue weighted by atomic mass is 10.1. The molecule has 0 atom stereocenters. The van der Waals surface area contributed by atoms with Crippen molar-refractivity contribution in [3.8, 4) is 0 Å². The van der Waals surface area contributed by atoms with E-state index in [0.29, 0.717) is 6.54 Å². The molecule has 1 aromatic heterocycles. The summed E-state index contributed by atoms with van der Waals surface area (Å²) in [6, 6.07) is 16.6. The van der Waals surface area contributed by atoms with Gasteiger partial charge in [-0.1, -0.05) is 47.6 Å². The van der Waals surface area contributed by atoms with E-state index in [2.05, 4.69) is 35.3 Å². The number of benzene rings is 2. The maximum Gasteiger partial charge on any atom is 0.0780 e. The topological polar surface area (TPSA) is 41.8 Å². The van der Waals surface area contributed by atoms with Gasteiger partial charge in [-0.05, 0) is 42.8 Å². The Kier molecular flexibility index (Phi) is 4.01. The zero-order valence-electron chi connectivity index (χ0n) is 10.9. The number of hydrogen-bond donors (Lipinski definition) is 2. The molecule has 0 spiro atoms. The number of rotatable bonds is 4. The average molecular weight is 303 g/mol. The first-order valence-electron chi connectivity index (χ1n) is 6.50. The van der Waals surface area contributed by atoms with Crippen LogP contribution < -0.4 is 5.73 Å². The van der Waals surface area contributed by atoms with Crippen LogP contribution in [0.2, 0.25) is 5.02 Å². The van der Waals surface area contributed by atoms with Crippen LogP contribution in [0, 0.1) is 0 Å². The fraction of sp³-hybridized carbons (Fsp3) is 0.125. The van der Waals surface area contributed by atoms with Gasteiger partial charge in [0.15, 0.2) is 0 Å². The summed E-state index contributed by atoms with van der Waals surface area (Å²) < 4.78 is 0. The van der Waals surface area contributed by atoms with Crippen molar-refractivity contribution in [1.82, 2.24) is 4.98 Å². The number of nitrogens with one attached hydrogen (secondary N) is 1. The second-order valence-corrected chi connectivity index (χ2v) is 6.14. The summed E-state index contributed by atoms with van der Waals surface area (Å²) >= 11 is 7.96. The maximum atomic E-state index is 6.27. The molecule has 3 N–H and O–H groups in total. The summed E-state index contributed by atoms with van der Waals surface area (Å²) in [5, 5.41) is 3.13. The molecule has 3 rings (SSSR count). The fourth-order valence-corrected chi connectivity index (χ4v) is 3.43. The van der Waals surface area contributed by atoms with Crippen molar-refractivity contribution in [2.24, 2.45) is 5.73 Å². The van der Waals surface area contributed by atoms with Gasteiger partial charge in [0.1, 0.15) is 0 Å². The minimum atomic E-state index is 0.619. The number of hydrogen-bond acceptors (Lipinski definition) is 2. The molecule has 0 aliphatic rings. The molecule has 0 fully saturated rings. The molecule has 0 amide bonds. The Morgan fingerprint density at radius 2 is 1.95 bits per heavy atom. The summed E-state index contributed by atoms with van der Waals surface area (Å²) in [7, 11) is 0. The molecule has 0 bridgehead atoms. The molecule has 0 unspecified atom stereocenters. The Hall–Kier alpha value is -1.42. The van der Waals surface area contributed by atoms with Gasteiger partial charge in [0, 0.05) is 20.8 Å². The standard InChI is InChI=1S/C16H15ClN2S/c17-14-10-13(6-5-11(14)7-8-18)20-16-9-12-3-1-2-4-15(12)19-16/h1-6,9-10,19H,7-8,18H2. The van der Waals surface area contributed by atoms with Gasteiger partial charge in [0.05, 0.1) is 5.03 Å². The lowest BCUT2D eigenvalue weighted by molar-refractivity contribution is 0.966. The third-order valence-corrected chi connectivity index (χ3v) is 4.45. The van der Waals surface area contributed by atoms with Crippen molar-refractivity contribution in [3.63, 3.8) is 0 Å². The van der Waals surface area contributed by atoms with Crippen molar-refractivity contribution in [2.45, 2.75) is 16.3 Å². The second-order valence-electron chi connectivity index (χ2n) is 4.61. The molecular formula is C16H15ClN2S. The van der Waals surface area contributed by atoms with Gasteiger partial charge >= 0.3 is 0 Å². The third-order valence-electron chi connectivity index (χ3n) is 3.17. The van der Waals surface area contributed by atoms with Crippen LogP contribution in [0.4, 0.5) is 0 Å². The lowest BCUT2D eigenvalue weighted by Gasteiger charge is -2.05. The Morgan fingerprint density at radius 3 is 2.70 bits per heavy atom. The minimum Gasteiger partial charge on any atom is -0.349 e. The number of aromatic nitrogens is 1. The maximum absolute atomic E-state index is 6.27. The minimum absolute atomic E-state index is 0.619. The van der Waals surface area contributed by atoms with Crippen LogP contribution in [0.1, 0.15) is 5.56 Å². The molecule has 0 aliphatic heterocycles. The smallest absolute Gasteiger partial charge is 0.0780 e. The highest BCUT2D eigenvalue weighted by Crippen LogP contribution is 2.32. The van der Waals surface area contributed by atoms with Crippen LogP contribution in [0.15, 0.2) is 58.5 Å². The predicted octanol–water partition coefficient (Wildman–Crippen LogP) is 4.47. The molecule has 2 aromatic carbocycles. The highest BCUT2D eigenvalue weighted by atomic mass is 35.5. The van der Waals surface area contributed by atoms with Crippen molar-refractivity contribution < 1.29 is 0 Å². The van der Waals surface area contributed by atoms with E-state index in [1.54, 1.807) is 11.8 Å². The third kappa shape index (κ3) is 2.85. The molecule has 0 saturated heterocycles. The van der Waals surface area contributed by atoms with Crippen molar-refractivity contribution >= 4 is 34.3 Å². The van der Waals surface area contributed by atoms with E-state index in [-0.39, 0.29) is 0 Å². The van der Waals surface area contributed by atoms with E-state index in [1.165, 1.54) is 5.39 Å².